The number of nitrogens with zero attached hydrogens (tertiary/aromatic N) is 3. The van der Waals surface area contributed by atoms with Crippen molar-refractivity contribution in [3.63, 3.8) is 0 Å². The van der Waals surface area contributed by atoms with Gasteiger partial charge in [-0.25, -0.2) is 9.07 Å². The number of halogens is 1. The zero-order valence-corrected chi connectivity index (χ0v) is 16.1. The van der Waals surface area contributed by atoms with Gasteiger partial charge >= 0.3 is 0 Å². The Labute approximate surface area is 167 Å². The minimum Gasteiger partial charge on any atom is -0.353 e. The van der Waals surface area contributed by atoms with E-state index in [0.717, 1.165) is 36.9 Å². The topological polar surface area (TPSA) is 67.2 Å². The van der Waals surface area contributed by atoms with Crippen molar-refractivity contribution in [2.45, 2.75) is 25.4 Å². The lowest BCUT2D eigenvalue weighted by atomic mass is 10.1. The van der Waals surface area contributed by atoms with Crippen LogP contribution < -0.4 is 10.9 Å². The molecule has 2 aromatic carbocycles. The van der Waals surface area contributed by atoms with Crippen LogP contribution >= 0.6 is 0 Å². The highest BCUT2D eigenvalue weighted by Crippen LogP contribution is 2.24. The summed E-state index contributed by atoms with van der Waals surface area (Å²) in [5, 5.41) is 8.32. The Hall–Kier alpha value is -3.06. The molecule has 1 aromatic heterocycles. The maximum atomic E-state index is 13.3. The van der Waals surface area contributed by atoms with Crippen LogP contribution in [0, 0.1) is 5.82 Å². The highest BCUT2D eigenvalue weighted by molar-refractivity contribution is 5.81. The van der Waals surface area contributed by atoms with Gasteiger partial charge in [-0.2, -0.15) is 5.10 Å². The number of likely N-dealkylation sites (tertiary alicyclic amines) is 1. The Morgan fingerprint density at radius 2 is 1.83 bits per heavy atom. The van der Waals surface area contributed by atoms with Gasteiger partial charge in [0.1, 0.15) is 12.4 Å². The summed E-state index contributed by atoms with van der Waals surface area (Å²) in [5.41, 5.74) is 0.683. The number of carbonyl (C=O) groups excluding carboxylic acids is 1. The van der Waals surface area contributed by atoms with E-state index in [2.05, 4.69) is 15.3 Å². The van der Waals surface area contributed by atoms with Crippen LogP contribution in [-0.4, -0.2) is 40.2 Å². The zero-order chi connectivity index (χ0) is 20.2. The number of benzene rings is 2. The van der Waals surface area contributed by atoms with Crippen molar-refractivity contribution in [1.82, 2.24) is 20.0 Å². The molecule has 0 radical (unpaired) electrons. The van der Waals surface area contributed by atoms with Crippen molar-refractivity contribution in [2.75, 3.05) is 19.6 Å². The SMILES string of the molecule is O=C(Cn1ncc2ccccc2c1=O)NC[C@@H](c1ccc(F)cc1)N1CCCC1. The predicted molar refractivity (Wildman–Crippen MR) is 109 cm³/mol. The average Bonchev–Trinajstić information content (AvgIpc) is 3.26. The van der Waals surface area contributed by atoms with Crippen molar-refractivity contribution in [2.24, 2.45) is 0 Å². The number of hydrogen-bond acceptors (Lipinski definition) is 4. The van der Waals surface area contributed by atoms with Crippen molar-refractivity contribution in [1.29, 1.82) is 0 Å². The molecule has 0 aliphatic carbocycles. The molecular formula is C22H23FN4O2. The molecule has 1 amide bonds. The second kappa shape index (κ2) is 8.53. The van der Waals surface area contributed by atoms with Gasteiger partial charge in [-0.3, -0.25) is 14.5 Å². The molecule has 1 atom stereocenters. The summed E-state index contributed by atoms with van der Waals surface area (Å²) in [6.45, 7) is 2.15. The van der Waals surface area contributed by atoms with E-state index in [9.17, 15) is 14.0 Å². The first-order valence-corrected chi connectivity index (χ1v) is 9.83. The average molecular weight is 394 g/mol. The number of carbonyl (C=O) groups is 1. The summed E-state index contributed by atoms with van der Waals surface area (Å²) in [6, 6.07) is 13.6. The Kier molecular flexibility index (Phi) is 5.67. The highest BCUT2D eigenvalue weighted by atomic mass is 19.1. The molecule has 150 valence electrons. The Morgan fingerprint density at radius 1 is 1.10 bits per heavy atom. The molecule has 1 aliphatic rings. The smallest absolute Gasteiger partial charge is 0.275 e. The van der Waals surface area contributed by atoms with Gasteiger partial charge in [-0.05, 0) is 49.7 Å². The predicted octanol–water partition coefficient (Wildman–Crippen LogP) is 2.49. The summed E-state index contributed by atoms with van der Waals surface area (Å²) >= 11 is 0. The van der Waals surface area contributed by atoms with Gasteiger partial charge in [0.25, 0.3) is 5.56 Å². The third-order valence-corrected chi connectivity index (χ3v) is 5.38. The van der Waals surface area contributed by atoms with Crippen LogP contribution in [0.2, 0.25) is 0 Å². The first-order valence-electron chi connectivity index (χ1n) is 9.83. The van der Waals surface area contributed by atoms with Crippen molar-refractivity contribution >= 4 is 16.7 Å². The molecular weight excluding hydrogens is 371 g/mol. The summed E-state index contributed by atoms with van der Waals surface area (Å²) < 4.78 is 14.5. The van der Waals surface area contributed by atoms with E-state index in [4.69, 9.17) is 0 Å². The van der Waals surface area contributed by atoms with Crippen LogP contribution in [0.1, 0.15) is 24.4 Å². The van der Waals surface area contributed by atoms with Gasteiger partial charge in [0.15, 0.2) is 0 Å². The monoisotopic (exact) mass is 394 g/mol. The maximum absolute atomic E-state index is 13.3. The van der Waals surface area contributed by atoms with Gasteiger partial charge in [-0.1, -0.05) is 30.3 Å². The lowest BCUT2D eigenvalue weighted by molar-refractivity contribution is -0.122. The van der Waals surface area contributed by atoms with Gasteiger partial charge in [0.05, 0.1) is 17.6 Å². The molecule has 0 bridgehead atoms. The second-order valence-electron chi connectivity index (χ2n) is 7.31. The molecule has 1 N–H and O–H groups in total. The summed E-state index contributed by atoms with van der Waals surface area (Å²) in [6.07, 6.45) is 3.82. The fourth-order valence-electron chi connectivity index (χ4n) is 3.84. The molecule has 0 spiro atoms. The van der Waals surface area contributed by atoms with Crippen LogP contribution in [0.5, 0.6) is 0 Å². The maximum Gasteiger partial charge on any atom is 0.275 e. The Morgan fingerprint density at radius 3 is 2.59 bits per heavy atom. The van der Waals surface area contributed by atoms with E-state index >= 15 is 0 Å². The molecule has 6 nitrogen and oxygen atoms in total. The molecule has 29 heavy (non-hydrogen) atoms. The van der Waals surface area contributed by atoms with E-state index in [-0.39, 0.29) is 29.9 Å². The zero-order valence-electron chi connectivity index (χ0n) is 16.1. The van der Waals surface area contributed by atoms with E-state index in [1.54, 1.807) is 30.5 Å². The summed E-state index contributed by atoms with van der Waals surface area (Å²) in [7, 11) is 0. The van der Waals surface area contributed by atoms with E-state index in [1.807, 2.05) is 12.1 Å². The number of rotatable bonds is 6. The molecule has 0 unspecified atom stereocenters. The van der Waals surface area contributed by atoms with Crippen LogP contribution in [0.4, 0.5) is 4.39 Å². The number of fused-ring (bicyclic) bond motifs is 1. The number of hydrogen-bond donors (Lipinski definition) is 1. The summed E-state index contributed by atoms with van der Waals surface area (Å²) in [4.78, 5) is 27.4. The second-order valence-corrected chi connectivity index (χ2v) is 7.31. The molecule has 7 heteroatoms. The third kappa shape index (κ3) is 4.35. The van der Waals surface area contributed by atoms with E-state index in [1.165, 1.54) is 16.8 Å². The van der Waals surface area contributed by atoms with Crippen LogP contribution in [-0.2, 0) is 11.3 Å². The fraction of sp³-hybridized carbons (Fsp3) is 0.318. The highest BCUT2D eigenvalue weighted by Gasteiger charge is 2.24. The minimum atomic E-state index is -0.284. The van der Waals surface area contributed by atoms with E-state index in [0.29, 0.717) is 11.9 Å². The van der Waals surface area contributed by atoms with Crippen LogP contribution in [0.3, 0.4) is 0 Å². The standard InChI is InChI=1S/C22H23FN4O2/c23-18-9-7-16(8-10-18)20(26-11-3-4-12-26)14-24-21(28)15-27-22(29)19-6-2-1-5-17(19)13-25-27/h1-2,5-10,13,20H,3-4,11-12,14-15H2,(H,24,28)/t20-/m0/s1. The van der Waals surface area contributed by atoms with Gasteiger partial charge < -0.3 is 5.32 Å². The van der Waals surface area contributed by atoms with Gasteiger partial charge in [-0.15, -0.1) is 0 Å². The normalized spacial score (nSPS) is 15.5. The van der Waals surface area contributed by atoms with Crippen molar-refractivity contribution < 1.29 is 9.18 Å². The van der Waals surface area contributed by atoms with Crippen LogP contribution in [0.25, 0.3) is 10.8 Å². The molecule has 3 aromatic rings. The molecule has 1 saturated heterocycles. The third-order valence-electron chi connectivity index (χ3n) is 5.38. The largest absolute Gasteiger partial charge is 0.353 e. The first-order chi connectivity index (χ1) is 14.1. The van der Waals surface area contributed by atoms with Crippen LogP contribution in [0.15, 0.2) is 59.5 Å². The number of aromatic nitrogens is 2. The molecule has 0 saturated carbocycles. The van der Waals surface area contributed by atoms with Crippen molar-refractivity contribution in [3.8, 4) is 0 Å². The van der Waals surface area contributed by atoms with E-state index < -0.39 is 0 Å². The Balaban J connectivity index is 1.46. The summed E-state index contributed by atoms with van der Waals surface area (Å²) in [5.74, 6) is -0.555. The molecule has 4 rings (SSSR count). The number of nitrogens with one attached hydrogen (secondary N) is 1. The van der Waals surface area contributed by atoms with Gasteiger partial charge in [0, 0.05) is 11.9 Å². The lowest BCUT2D eigenvalue weighted by Crippen LogP contribution is -2.39. The molecule has 1 fully saturated rings. The first kappa shape index (κ1) is 19.3. The fourth-order valence-corrected chi connectivity index (χ4v) is 3.84. The Bertz CT molecular complexity index is 1060. The molecule has 2 heterocycles. The minimum absolute atomic E-state index is 0.0247. The van der Waals surface area contributed by atoms with Crippen molar-refractivity contribution in [3.05, 3.63) is 76.5 Å². The quantitative estimate of drug-likeness (QED) is 0.698. The van der Waals surface area contributed by atoms with Gasteiger partial charge in [0.2, 0.25) is 5.91 Å². The lowest BCUT2D eigenvalue weighted by Gasteiger charge is -2.28. The molecule has 1 aliphatic heterocycles. The number of amides is 1.